The van der Waals surface area contributed by atoms with E-state index in [1.54, 1.807) is 11.8 Å². The van der Waals surface area contributed by atoms with Crippen molar-refractivity contribution in [1.29, 1.82) is 0 Å². The van der Waals surface area contributed by atoms with Crippen molar-refractivity contribution in [3.8, 4) is 0 Å². The van der Waals surface area contributed by atoms with Gasteiger partial charge in [0.15, 0.2) is 0 Å². The molecular formula is C20H23N2OS. The third-order valence-corrected chi connectivity index (χ3v) is 5.42. The fourth-order valence-corrected chi connectivity index (χ4v) is 3.88. The summed E-state index contributed by atoms with van der Waals surface area (Å²) in [5, 5.41) is 6.74. The van der Waals surface area contributed by atoms with Gasteiger partial charge in [0, 0.05) is 10.4 Å². The summed E-state index contributed by atoms with van der Waals surface area (Å²) in [5.74, 6) is 0.569. The molecule has 24 heavy (non-hydrogen) atoms. The van der Waals surface area contributed by atoms with Crippen molar-refractivity contribution in [1.82, 2.24) is 10.6 Å². The Balaban J connectivity index is 1.62. The zero-order chi connectivity index (χ0) is 16.7. The number of benzene rings is 2. The van der Waals surface area contributed by atoms with Gasteiger partial charge in [-0.15, -0.1) is 11.8 Å². The highest BCUT2D eigenvalue weighted by Crippen LogP contribution is 2.24. The average Bonchev–Trinajstić information content (AvgIpc) is 2.62. The number of hydrogen-bond acceptors (Lipinski definition) is 3. The Morgan fingerprint density at radius 1 is 1.12 bits per heavy atom. The van der Waals surface area contributed by atoms with Gasteiger partial charge in [-0.2, -0.15) is 0 Å². The number of hydrogen-bond donors (Lipinski definition) is 2. The summed E-state index contributed by atoms with van der Waals surface area (Å²) in [4.78, 5) is 13.6. The molecule has 1 heterocycles. The number of thioether (sulfide) groups is 1. The zero-order valence-corrected chi connectivity index (χ0v) is 14.6. The van der Waals surface area contributed by atoms with Crippen molar-refractivity contribution in [3.63, 3.8) is 0 Å². The highest BCUT2D eigenvalue weighted by atomic mass is 32.2. The third-order valence-electron chi connectivity index (χ3n) is 4.41. The Kier molecular flexibility index (Phi) is 5.94. The van der Waals surface area contributed by atoms with Crippen LogP contribution in [0.5, 0.6) is 0 Å². The summed E-state index contributed by atoms with van der Waals surface area (Å²) in [5.41, 5.74) is 1.15. The minimum atomic E-state index is -0.130. The third kappa shape index (κ3) is 4.86. The molecule has 2 aromatic rings. The molecule has 1 saturated heterocycles. The van der Waals surface area contributed by atoms with Crippen LogP contribution in [0.4, 0.5) is 0 Å². The van der Waals surface area contributed by atoms with Gasteiger partial charge in [0.25, 0.3) is 0 Å². The predicted molar refractivity (Wildman–Crippen MR) is 99.1 cm³/mol. The van der Waals surface area contributed by atoms with Crippen molar-refractivity contribution < 1.29 is 4.79 Å². The van der Waals surface area contributed by atoms with E-state index >= 15 is 0 Å². The molecule has 1 fully saturated rings. The molecule has 0 unspecified atom stereocenters. The first-order valence-corrected chi connectivity index (χ1v) is 9.39. The Hall–Kier alpha value is -1.78. The van der Waals surface area contributed by atoms with Gasteiger partial charge in [-0.05, 0) is 56.1 Å². The van der Waals surface area contributed by atoms with Crippen molar-refractivity contribution >= 4 is 17.7 Å². The maximum absolute atomic E-state index is 12.5. The van der Waals surface area contributed by atoms with Gasteiger partial charge in [-0.1, -0.05) is 42.5 Å². The first-order chi connectivity index (χ1) is 11.8. The highest BCUT2D eigenvalue weighted by Gasteiger charge is 2.33. The van der Waals surface area contributed by atoms with Crippen LogP contribution in [0.15, 0.2) is 59.5 Å². The molecule has 1 aliphatic rings. The molecule has 3 nitrogen and oxygen atoms in total. The highest BCUT2D eigenvalue weighted by molar-refractivity contribution is 8.00. The molecule has 0 spiro atoms. The number of carbonyl (C=O) groups excluding carboxylic acids is 1. The standard InChI is InChI=1S/C20H23N2OS/c23-19(16-24-18-9-5-2-6-10-18)22-20(11-13-21-14-12-20)15-17-7-3-1-4-8-17/h1,3-10,21H,11-16H2,(H,22,23). The lowest BCUT2D eigenvalue weighted by Crippen LogP contribution is -2.56. The van der Waals surface area contributed by atoms with Crippen LogP contribution >= 0.6 is 11.8 Å². The van der Waals surface area contributed by atoms with E-state index in [2.05, 4.69) is 41.0 Å². The molecule has 4 heteroatoms. The van der Waals surface area contributed by atoms with E-state index in [-0.39, 0.29) is 11.4 Å². The molecule has 0 atom stereocenters. The predicted octanol–water partition coefficient (Wildman–Crippen LogP) is 3.06. The fraction of sp³-hybridized carbons (Fsp3) is 0.350. The summed E-state index contributed by atoms with van der Waals surface area (Å²) in [6.07, 6.45) is 2.84. The van der Waals surface area contributed by atoms with Gasteiger partial charge < -0.3 is 10.6 Å². The second-order valence-electron chi connectivity index (χ2n) is 6.27. The Morgan fingerprint density at radius 3 is 2.54 bits per heavy atom. The summed E-state index contributed by atoms with van der Waals surface area (Å²) < 4.78 is 0. The summed E-state index contributed by atoms with van der Waals surface area (Å²) in [6, 6.07) is 21.2. The number of carbonyl (C=O) groups is 1. The van der Waals surface area contributed by atoms with E-state index in [9.17, 15) is 4.79 Å². The van der Waals surface area contributed by atoms with Gasteiger partial charge >= 0.3 is 0 Å². The lowest BCUT2D eigenvalue weighted by molar-refractivity contribution is -0.120. The molecular weight excluding hydrogens is 316 g/mol. The van der Waals surface area contributed by atoms with Crippen molar-refractivity contribution in [3.05, 3.63) is 66.2 Å². The number of rotatable bonds is 6. The normalized spacial score (nSPS) is 16.5. The van der Waals surface area contributed by atoms with Crippen LogP contribution in [0.25, 0.3) is 0 Å². The van der Waals surface area contributed by atoms with Gasteiger partial charge in [0.1, 0.15) is 0 Å². The van der Waals surface area contributed by atoms with Crippen molar-refractivity contribution in [2.24, 2.45) is 0 Å². The van der Waals surface area contributed by atoms with Crippen LogP contribution in [-0.4, -0.2) is 30.3 Å². The monoisotopic (exact) mass is 339 g/mol. The quantitative estimate of drug-likeness (QED) is 0.795. The van der Waals surface area contributed by atoms with Gasteiger partial charge in [0.05, 0.1) is 5.75 Å². The Bertz CT molecular complexity index is 639. The Morgan fingerprint density at radius 2 is 1.83 bits per heavy atom. The number of nitrogens with one attached hydrogen (secondary N) is 2. The summed E-state index contributed by atoms with van der Waals surface area (Å²) in [6.45, 7) is 1.91. The molecule has 1 amide bonds. The lowest BCUT2D eigenvalue weighted by Gasteiger charge is -2.38. The van der Waals surface area contributed by atoms with Gasteiger partial charge in [0.2, 0.25) is 5.91 Å². The SMILES string of the molecule is O=C(CSc1cc[c]cc1)NC1(Cc2ccccc2)CCNCC1. The largest absolute Gasteiger partial charge is 0.350 e. The number of piperidine rings is 1. The van der Waals surface area contributed by atoms with E-state index in [0.29, 0.717) is 5.75 Å². The molecule has 0 saturated carbocycles. The first-order valence-electron chi connectivity index (χ1n) is 8.40. The summed E-state index contributed by atoms with van der Waals surface area (Å²) in [7, 11) is 0. The van der Waals surface area contributed by atoms with E-state index in [1.165, 1.54) is 5.56 Å². The van der Waals surface area contributed by atoms with Gasteiger partial charge in [-0.25, -0.2) is 0 Å². The zero-order valence-electron chi connectivity index (χ0n) is 13.8. The molecule has 1 radical (unpaired) electrons. The minimum Gasteiger partial charge on any atom is -0.350 e. The van der Waals surface area contributed by atoms with E-state index in [1.807, 2.05) is 30.3 Å². The van der Waals surface area contributed by atoms with Crippen LogP contribution in [0, 0.1) is 6.07 Å². The average molecular weight is 339 g/mol. The second kappa shape index (κ2) is 8.36. The Labute approximate surface area is 148 Å². The van der Waals surface area contributed by atoms with Crippen LogP contribution < -0.4 is 10.6 Å². The van der Waals surface area contributed by atoms with E-state index in [0.717, 1.165) is 37.2 Å². The van der Waals surface area contributed by atoms with Crippen LogP contribution in [0.3, 0.4) is 0 Å². The minimum absolute atomic E-state index is 0.116. The van der Waals surface area contributed by atoms with E-state index in [4.69, 9.17) is 0 Å². The maximum atomic E-state index is 12.5. The van der Waals surface area contributed by atoms with Crippen molar-refractivity contribution in [2.45, 2.75) is 29.7 Å². The van der Waals surface area contributed by atoms with Crippen LogP contribution in [0.1, 0.15) is 18.4 Å². The topological polar surface area (TPSA) is 41.1 Å². The molecule has 1 aliphatic heterocycles. The molecule has 125 valence electrons. The fourth-order valence-electron chi connectivity index (χ4n) is 3.19. The molecule has 2 N–H and O–H groups in total. The van der Waals surface area contributed by atoms with Crippen molar-refractivity contribution in [2.75, 3.05) is 18.8 Å². The van der Waals surface area contributed by atoms with E-state index < -0.39 is 0 Å². The molecule has 0 bridgehead atoms. The summed E-state index contributed by atoms with van der Waals surface area (Å²) >= 11 is 1.57. The molecule has 3 rings (SSSR count). The number of amides is 1. The van der Waals surface area contributed by atoms with Crippen LogP contribution in [0.2, 0.25) is 0 Å². The second-order valence-corrected chi connectivity index (χ2v) is 7.31. The first kappa shape index (κ1) is 17.1. The lowest BCUT2D eigenvalue weighted by atomic mass is 9.82. The van der Waals surface area contributed by atoms with Crippen LogP contribution in [-0.2, 0) is 11.2 Å². The smallest absolute Gasteiger partial charge is 0.230 e. The molecule has 2 aromatic carbocycles. The maximum Gasteiger partial charge on any atom is 0.230 e. The van der Waals surface area contributed by atoms with Gasteiger partial charge in [-0.3, -0.25) is 4.79 Å². The molecule has 0 aromatic heterocycles. The molecule has 0 aliphatic carbocycles.